The summed E-state index contributed by atoms with van der Waals surface area (Å²) in [6.07, 6.45) is -4.14. The summed E-state index contributed by atoms with van der Waals surface area (Å²) in [4.78, 5) is 0. The Hall–Kier alpha value is -1.07. The molecule has 16 heavy (non-hydrogen) atoms. The van der Waals surface area contributed by atoms with Gasteiger partial charge in [-0.1, -0.05) is 18.2 Å². The molecule has 0 bridgehead atoms. The molecule has 0 unspecified atom stereocenters. The zero-order chi connectivity index (χ0) is 11.6. The molecule has 1 aliphatic rings. The highest BCUT2D eigenvalue weighted by Crippen LogP contribution is 2.17. The van der Waals surface area contributed by atoms with Crippen LogP contribution in [0.25, 0.3) is 0 Å². The molecule has 0 saturated heterocycles. The van der Waals surface area contributed by atoms with E-state index in [1.807, 2.05) is 18.2 Å². The molecule has 0 atom stereocenters. The lowest BCUT2D eigenvalue weighted by Gasteiger charge is -2.09. The summed E-state index contributed by atoms with van der Waals surface area (Å²) < 4.78 is 35.7. The van der Waals surface area contributed by atoms with Gasteiger partial charge < -0.3 is 10.6 Å². The maximum atomic E-state index is 11.9. The van der Waals surface area contributed by atoms with Crippen LogP contribution in [-0.2, 0) is 19.6 Å². The first-order chi connectivity index (χ1) is 7.54. The molecule has 0 amide bonds. The lowest BCUT2D eigenvalue weighted by Crippen LogP contribution is -2.28. The Kier molecular flexibility index (Phi) is 3.16. The Morgan fingerprint density at radius 2 is 1.94 bits per heavy atom. The van der Waals surface area contributed by atoms with Crippen LogP contribution in [0.4, 0.5) is 13.2 Å². The van der Waals surface area contributed by atoms with E-state index in [4.69, 9.17) is 0 Å². The van der Waals surface area contributed by atoms with Crippen LogP contribution in [-0.4, -0.2) is 12.7 Å². The zero-order valence-corrected chi connectivity index (χ0v) is 8.69. The summed E-state index contributed by atoms with van der Waals surface area (Å²) in [7, 11) is 0. The molecule has 1 aliphatic heterocycles. The van der Waals surface area contributed by atoms with E-state index in [1.165, 1.54) is 11.1 Å². The molecular weight excluding hydrogens is 217 g/mol. The summed E-state index contributed by atoms with van der Waals surface area (Å²) >= 11 is 0. The Balaban J connectivity index is 1.91. The predicted molar refractivity (Wildman–Crippen MR) is 54.7 cm³/mol. The fourth-order valence-corrected chi connectivity index (χ4v) is 1.81. The molecule has 0 aliphatic carbocycles. The van der Waals surface area contributed by atoms with Gasteiger partial charge in [0.1, 0.15) is 0 Å². The third-order valence-electron chi connectivity index (χ3n) is 2.56. The monoisotopic (exact) mass is 230 g/mol. The number of hydrogen-bond donors (Lipinski definition) is 2. The minimum Gasteiger partial charge on any atom is -0.309 e. The third kappa shape index (κ3) is 2.96. The van der Waals surface area contributed by atoms with Crippen molar-refractivity contribution >= 4 is 0 Å². The fourth-order valence-electron chi connectivity index (χ4n) is 1.81. The number of hydrogen-bond acceptors (Lipinski definition) is 2. The lowest BCUT2D eigenvalue weighted by atomic mass is 10.1. The largest absolute Gasteiger partial charge is 0.401 e. The first kappa shape index (κ1) is 11.4. The van der Waals surface area contributed by atoms with E-state index < -0.39 is 12.7 Å². The Bertz CT molecular complexity index is 374. The number of nitrogens with one attached hydrogen (secondary N) is 2. The first-order valence-corrected chi connectivity index (χ1v) is 5.13. The average molecular weight is 230 g/mol. The van der Waals surface area contributed by atoms with Crippen molar-refractivity contribution in [2.24, 2.45) is 0 Å². The van der Waals surface area contributed by atoms with Crippen molar-refractivity contribution in [3.63, 3.8) is 0 Å². The second kappa shape index (κ2) is 4.43. The van der Waals surface area contributed by atoms with Crippen LogP contribution in [0.2, 0.25) is 0 Å². The number of halogens is 3. The molecule has 0 fully saturated rings. The maximum Gasteiger partial charge on any atom is 0.401 e. The molecule has 1 aromatic rings. The highest BCUT2D eigenvalue weighted by molar-refractivity contribution is 5.34. The molecule has 1 heterocycles. The van der Waals surface area contributed by atoms with E-state index in [9.17, 15) is 13.2 Å². The van der Waals surface area contributed by atoms with E-state index in [0.717, 1.165) is 18.7 Å². The second-order valence-corrected chi connectivity index (χ2v) is 3.93. The van der Waals surface area contributed by atoms with Crippen LogP contribution in [0, 0.1) is 0 Å². The van der Waals surface area contributed by atoms with Gasteiger partial charge >= 0.3 is 6.18 Å². The van der Waals surface area contributed by atoms with Crippen LogP contribution in [0.15, 0.2) is 18.2 Å². The Labute approximate surface area is 91.8 Å². The molecule has 2 nitrogen and oxygen atoms in total. The topological polar surface area (TPSA) is 24.1 Å². The van der Waals surface area contributed by atoms with Crippen LogP contribution in [0.5, 0.6) is 0 Å². The molecular formula is C11H13F3N2. The van der Waals surface area contributed by atoms with Gasteiger partial charge in [0.15, 0.2) is 0 Å². The van der Waals surface area contributed by atoms with E-state index in [2.05, 4.69) is 10.6 Å². The van der Waals surface area contributed by atoms with Crippen molar-refractivity contribution in [2.45, 2.75) is 25.8 Å². The summed E-state index contributed by atoms with van der Waals surface area (Å²) in [6.45, 7) is 0.975. The highest BCUT2D eigenvalue weighted by Gasteiger charge is 2.26. The van der Waals surface area contributed by atoms with Crippen LogP contribution in [0.3, 0.4) is 0 Å². The summed E-state index contributed by atoms with van der Waals surface area (Å²) in [5, 5.41) is 5.58. The van der Waals surface area contributed by atoms with Crippen molar-refractivity contribution in [3.05, 3.63) is 34.9 Å². The van der Waals surface area contributed by atoms with Crippen LogP contribution >= 0.6 is 0 Å². The van der Waals surface area contributed by atoms with E-state index in [-0.39, 0.29) is 6.54 Å². The van der Waals surface area contributed by atoms with Gasteiger partial charge in [-0.15, -0.1) is 0 Å². The molecule has 0 spiro atoms. The molecule has 5 heteroatoms. The van der Waals surface area contributed by atoms with Gasteiger partial charge in [0.05, 0.1) is 6.54 Å². The smallest absolute Gasteiger partial charge is 0.309 e. The van der Waals surface area contributed by atoms with Gasteiger partial charge in [0.2, 0.25) is 0 Å². The molecule has 0 radical (unpaired) electrons. The van der Waals surface area contributed by atoms with Crippen molar-refractivity contribution < 1.29 is 13.2 Å². The number of rotatable bonds is 3. The van der Waals surface area contributed by atoms with Gasteiger partial charge in [0, 0.05) is 19.6 Å². The Morgan fingerprint density at radius 1 is 1.19 bits per heavy atom. The molecule has 0 saturated carbocycles. The molecule has 88 valence electrons. The van der Waals surface area contributed by atoms with Crippen molar-refractivity contribution in [2.75, 3.05) is 6.54 Å². The molecule has 2 rings (SSSR count). The molecule has 0 aromatic heterocycles. The maximum absolute atomic E-state index is 11.9. The van der Waals surface area contributed by atoms with Crippen molar-refractivity contribution in [1.29, 1.82) is 0 Å². The second-order valence-electron chi connectivity index (χ2n) is 3.93. The van der Waals surface area contributed by atoms with Gasteiger partial charge in [0.25, 0.3) is 0 Å². The third-order valence-corrected chi connectivity index (χ3v) is 2.56. The van der Waals surface area contributed by atoms with E-state index in [0.29, 0.717) is 0 Å². The summed E-state index contributed by atoms with van der Waals surface area (Å²) in [5.41, 5.74) is 3.32. The zero-order valence-electron chi connectivity index (χ0n) is 8.69. The number of alkyl halides is 3. The van der Waals surface area contributed by atoms with E-state index in [1.54, 1.807) is 0 Å². The standard InChI is InChI=1S/C11H13F3N2/c12-11(13,14)7-16-4-8-1-2-9-5-15-6-10(9)3-8/h1-3,15-16H,4-7H2. The Morgan fingerprint density at radius 3 is 2.69 bits per heavy atom. The van der Waals surface area contributed by atoms with Gasteiger partial charge in [-0.3, -0.25) is 0 Å². The summed E-state index contributed by atoms with van der Waals surface area (Å²) in [5.74, 6) is 0. The van der Waals surface area contributed by atoms with Crippen molar-refractivity contribution in [3.8, 4) is 0 Å². The predicted octanol–water partition coefficient (Wildman–Crippen LogP) is 1.94. The lowest BCUT2D eigenvalue weighted by molar-refractivity contribution is -0.125. The van der Waals surface area contributed by atoms with Crippen LogP contribution in [0.1, 0.15) is 16.7 Å². The van der Waals surface area contributed by atoms with Gasteiger partial charge in [-0.2, -0.15) is 13.2 Å². The first-order valence-electron chi connectivity index (χ1n) is 5.13. The van der Waals surface area contributed by atoms with Crippen LogP contribution < -0.4 is 10.6 Å². The van der Waals surface area contributed by atoms with E-state index >= 15 is 0 Å². The number of fused-ring (bicyclic) bond motifs is 1. The summed E-state index contributed by atoms with van der Waals surface area (Å²) in [6, 6.07) is 5.80. The number of benzene rings is 1. The fraction of sp³-hybridized carbons (Fsp3) is 0.455. The van der Waals surface area contributed by atoms with Crippen molar-refractivity contribution in [1.82, 2.24) is 10.6 Å². The SMILES string of the molecule is FC(F)(F)CNCc1ccc2c(c1)CNC2. The van der Waals surface area contributed by atoms with Gasteiger partial charge in [-0.05, 0) is 16.7 Å². The highest BCUT2D eigenvalue weighted by atomic mass is 19.4. The van der Waals surface area contributed by atoms with Gasteiger partial charge in [-0.25, -0.2) is 0 Å². The quantitative estimate of drug-likeness (QED) is 0.829. The molecule has 2 N–H and O–H groups in total. The average Bonchev–Trinajstić information content (AvgIpc) is 2.62. The minimum absolute atomic E-state index is 0.257. The molecule has 1 aromatic carbocycles. The normalized spacial score (nSPS) is 15.2. The minimum atomic E-state index is -4.14.